The quantitative estimate of drug-likeness (QED) is 0.0795. The lowest BCUT2D eigenvalue weighted by molar-refractivity contribution is -0.347. The Balaban J connectivity index is 1.17. The van der Waals surface area contributed by atoms with E-state index in [1.54, 1.807) is 61.5 Å². The van der Waals surface area contributed by atoms with Gasteiger partial charge >= 0.3 is 17.9 Å². The summed E-state index contributed by atoms with van der Waals surface area (Å²) in [5.41, 5.74) is 0.0955. The molecule has 5 N–H and O–H groups in total. The van der Waals surface area contributed by atoms with E-state index in [1.165, 1.54) is 37.5 Å². The molecular weight excluding hydrogens is 764 g/mol. The number of carbonyl (C=O) groups is 3. The third-order valence-electron chi connectivity index (χ3n) is 10.8. The van der Waals surface area contributed by atoms with Crippen LogP contribution in [-0.2, 0) is 57.0 Å². The molecule has 0 aromatic heterocycles. The van der Waals surface area contributed by atoms with Gasteiger partial charge < -0.3 is 68.2 Å². The molecule has 58 heavy (non-hydrogen) atoms. The number of hydrogen-bond donors (Lipinski definition) is 5. The van der Waals surface area contributed by atoms with Gasteiger partial charge in [0.15, 0.2) is 30.9 Å². The first kappa shape index (κ1) is 41.6. The van der Waals surface area contributed by atoms with Gasteiger partial charge in [0, 0.05) is 25.0 Å². The van der Waals surface area contributed by atoms with E-state index < -0.39 is 128 Å². The molecule has 1 aliphatic carbocycles. The number of hydrogen-bond acceptors (Lipinski definition) is 17. The fourth-order valence-corrected chi connectivity index (χ4v) is 7.96. The Morgan fingerprint density at radius 2 is 1.34 bits per heavy atom. The van der Waals surface area contributed by atoms with Gasteiger partial charge in [-0.2, -0.15) is 0 Å². The van der Waals surface area contributed by atoms with Gasteiger partial charge in [0.1, 0.15) is 36.1 Å². The van der Waals surface area contributed by atoms with Gasteiger partial charge in [0.05, 0.1) is 37.6 Å². The highest BCUT2D eigenvalue weighted by Crippen LogP contribution is 2.61. The molecule has 7 rings (SSSR count). The zero-order valence-corrected chi connectivity index (χ0v) is 31.4. The summed E-state index contributed by atoms with van der Waals surface area (Å²) < 4.78 is 53.7. The van der Waals surface area contributed by atoms with Crippen molar-refractivity contribution in [2.75, 3.05) is 13.2 Å². The topological polar surface area (TPSA) is 239 Å². The largest absolute Gasteiger partial charge is 0.472 e. The van der Waals surface area contributed by atoms with Crippen molar-refractivity contribution in [1.29, 1.82) is 0 Å². The third kappa shape index (κ3) is 8.60. The van der Waals surface area contributed by atoms with Gasteiger partial charge in [-0.3, -0.25) is 4.79 Å². The Morgan fingerprint density at radius 3 is 1.93 bits per heavy atom. The number of esters is 3. The number of aliphatic hydroxyl groups excluding tert-OH is 5. The van der Waals surface area contributed by atoms with Gasteiger partial charge in [-0.05, 0) is 36.3 Å². The van der Waals surface area contributed by atoms with Crippen molar-refractivity contribution in [2.24, 2.45) is 11.8 Å². The van der Waals surface area contributed by atoms with Crippen LogP contribution < -0.4 is 0 Å². The van der Waals surface area contributed by atoms with E-state index >= 15 is 0 Å². The van der Waals surface area contributed by atoms with E-state index in [0.717, 1.165) is 0 Å². The van der Waals surface area contributed by atoms with Crippen LogP contribution in [0.1, 0.15) is 25.0 Å². The van der Waals surface area contributed by atoms with Crippen LogP contribution >= 0.6 is 0 Å². The van der Waals surface area contributed by atoms with Gasteiger partial charge in [-0.1, -0.05) is 60.7 Å². The molecule has 0 amide bonds. The second kappa shape index (κ2) is 17.8. The molecule has 16 unspecified atom stereocenters. The molecule has 0 radical (unpaired) electrons. The van der Waals surface area contributed by atoms with E-state index in [2.05, 4.69) is 0 Å². The average molecular weight is 811 g/mol. The average Bonchev–Trinajstić information content (AvgIpc) is 3.90. The molecule has 5 aliphatic rings. The number of ether oxygens (including phenoxy) is 9. The highest BCUT2D eigenvalue weighted by molar-refractivity contribution is 5.88. The lowest BCUT2D eigenvalue weighted by Gasteiger charge is -2.45. The molecule has 2 aromatic rings. The summed E-state index contributed by atoms with van der Waals surface area (Å²) in [4.78, 5) is 39.3. The van der Waals surface area contributed by atoms with Gasteiger partial charge in [-0.15, -0.1) is 0 Å². The summed E-state index contributed by atoms with van der Waals surface area (Å²) in [7, 11) is 0. The molecule has 312 valence electrons. The maximum absolute atomic E-state index is 13.5. The zero-order valence-electron chi connectivity index (χ0n) is 31.4. The van der Waals surface area contributed by atoms with Crippen molar-refractivity contribution < 1.29 is 82.5 Å². The Bertz CT molecular complexity index is 1840. The molecule has 17 nitrogen and oxygen atoms in total. The molecule has 4 fully saturated rings. The number of carbonyl (C=O) groups excluding carboxylic acids is 3. The highest BCUT2D eigenvalue weighted by atomic mass is 16.8. The lowest BCUT2D eigenvalue weighted by atomic mass is 9.85. The van der Waals surface area contributed by atoms with Crippen LogP contribution in [-0.4, -0.2) is 142 Å². The third-order valence-corrected chi connectivity index (χ3v) is 10.8. The summed E-state index contributed by atoms with van der Waals surface area (Å²) in [5, 5.41) is 51.7. The molecule has 2 aromatic carbocycles. The molecule has 4 heterocycles. The van der Waals surface area contributed by atoms with E-state index in [9.17, 15) is 39.9 Å². The fraction of sp³-hybridized carbons (Fsp3) is 0.488. The van der Waals surface area contributed by atoms with Gasteiger partial charge in [0.2, 0.25) is 6.29 Å². The minimum absolute atomic E-state index is 0.530. The number of fused-ring (bicyclic) bond motifs is 3. The Kier molecular flexibility index (Phi) is 12.7. The fourth-order valence-electron chi connectivity index (χ4n) is 7.96. The van der Waals surface area contributed by atoms with E-state index in [-0.39, 0.29) is 0 Å². The first-order valence-electron chi connectivity index (χ1n) is 18.9. The summed E-state index contributed by atoms with van der Waals surface area (Å²) in [6.07, 6.45) is -9.26. The number of benzene rings is 2. The normalized spacial score (nSPS) is 39.1. The Labute approximate surface area is 332 Å². The zero-order chi connectivity index (χ0) is 41.1. The van der Waals surface area contributed by atoms with Crippen LogP contribution in [0.3, 0.4) is 0 Å². The van der Waals surface area contributed by atoms with Crippen LogP contribution in [0.25, 0.3) is 12.2 Å². The number of epoxide rings is 1. The summed E-state index contributed by atoms with van der Waals surface area (Å²) in [6.45, 7) is 1.53. The minimum atomic E-state index is -1.74. The van der Waals surface area contributed by atoms with Crippen LogP contribution in [0.5, 0.6) is 0 Å². The number of aliphatic hydroxyl groups is 5. The van der Waals surface area contributed by atoms with Crippen LogP contribution in [0.15, 0.2) is 85.2 Å². The molecule has 16 atom stereocenters. The minimum Gasteiger partial charge on any atom is -0.472 e. The van der Waals surface area contributed by atoms with E-state index in [4.69, 9.17) is 42.6 Å². The van der Waals surface area contributed by atoms with E-state index in [1.807, 2.05) is 12.1 Å². The monoisotopic (exact) mass is 810 g/mol. The summed E-state index contributed by atoms with van der Waals surface area (Å²) >= 11 is 0. The van der Waals surface area contributed by atoms with Crippen LogP contribution in [0.2, 0.25) is 0 Å². The van der Waals surface area contributed by atoms with Crippen molar-refractivity contribution in [3.8, 4) is 0 Å². The second-order valence-corrected chi connectivity index (χ2v) is 14.6. The summed E-state index contributed by atoms with van der Waals surface area (Å²) in [5.74, 6) is -3.90. The molecule has 0 spiro atoms. The highest BCUT2D eigenvalue weighted by Gasteiger charge is 2.77. The first-order chi connectivity index (χ1) is 27.9. The van der Waals surface area contributed by atoms with Crippen LogP contribution in [0.4, 0.5) is 0 Å². The molecular formula is C41H46O17. The lowest BCUT2D eigenvalue weighted by Crippen LogP contribution is -2.62. The molecule has 1 saturated carbocycles. The predicted molar refractivity (Wildman–Crippen MR) is 196 cm³/mol. The smallest absolute Gasteiger partial charge is 0.331 e. The standard InChI is InChI=1S/C41H46O17/c1-21-33(52-22(2)44)35(54-27(45)15-13-23-9-5-3-6-10-23)36(55-28(46)16-14-24-11-7-4-8-12-24)40(51-21)56-34-25-17-18-50-38(29(25)41(20-43)37(34)58-41)57-39-32(49)31(48)30(47)26(19-42)53-39/h3-18,21,25-26,29-40,42-43,47-49H,19-20H2,1-2H3. The predicted octanol–water partition coefficient (Wildman–Crippen LogP) is 0.361. The van der Waals surface area contributed by atoms with Crippen molar-refractivity contribution in [3.05, 3.63) is 96.3 Å². The van der Waals surface area contributed by atoms with Gasteiger partial charge in [0.25, 0.3) is 0 Å². The molecule has 17 heteroatoms. The van der Waals surface area contributed by atoms with Crippen molar-refractivity contribution in [1.82, 2.24) is 0 Å². The molecule has 0 bridgehead atoms. The molecule has 3 saturated heterocycles. The van der Waals surface area contributed by atoms with Crippen LogP contribution in [0, 0.1) is 11.8 Å². The second-order valence-electron chi connectivity index (χ2n) is 14.6. The Morgan fingerprint density at radius 1 is 0.724 bits per heavy atom. The SMILES string of the molecule is CC(=O)OC1C(C)OC(OC2C3C=COC(OC4OC(CO)C(O)C(O)C4O)C3C3(CO)OC23)C(OC(=O)C=Cc2ccccc2)C1OC(=O)C=Cc1ccccc1. The Hall–Kier alpha value is -4.53. The van der Waals surface area contributed by atoms with Crippen molar-refractivity contribution in [3.63, 3.8) is 0 Å². The van der Waals surface area contributed by atoms with Crippen molar-refractivity contribution >= 4 is 30.1 Å². The molecule has 4 aliphatic heterocycles. The van der Waals surface area contributed by atoms with E-state index in [0.29, 0.717) is 11.1 Å². The maximum Gasteiger partial charge on any atom is 0.331 e. The first-order valence-corrected chi connectivity index (χ1v) is 18.9. The summed E-state index contributed by atoms with van der Waals surface area (Å²) in [6, 6.07) is 17.9. The van der Waals surface area contributed by atoms with Gasteiger partial charge in [-0.25, -0.2) is 9.59 Å². The van der Waals surface area contributed by atoms with Crippen molar-refractivity contribution in [2.45, 2.75) is 99.4 Å². The number of rotatable bonds is 13. The maximum atomic E-state index is 13.5.